The number of aromatic amines is 1. The Labute approximate surface area is 442 Å². The largest absolute Gasteiger partial charge is 0.375 e. The van der Waals surface area contributed by atoms with Crippen molar-refractivity contribution in [1.82, 2.24) is 20.2 Å². The molecule has 3 aromatic rings. The third-order valence-electron chi connectivity index (χ3n) is 13.4. The molecule has 0 bridgehead atoms. The molecule has 1 fully saturated rings. The molecule has 3 aliphatic heterocycles. The molecule has 2 aromatic carbocycles. The molecule has 1 saturated heterocycles. The summed E-state index contributed by atoms with van der Waals surface area (Å²) >= 11 is 0. The van der Waals surface area contributed by atoms with Crippen LogP contribution >= 0.6 is 21.6 Å². The molecule has 4 heterocycles. The summed E-state index contributed by atoms with van der Waals surface area (Å²) in [6.45, 7) is 16.3. The molecule has 402 valence electrons. The number of amides is 2. The maximum absolute atomic E-state index is 12.7. The molecule has 1 aromatic heterocycles. The van der Waals surface area contributed by atoms with Gasteiger partial charge in [0, 0.05) is 97.6 Å². The van der Waals surface area contributed by atoms with Crippen molar-refractivity contribution in [3.63, 3.8) is 0 Å². The number of carbonyl (C=O) groups is 2. The molecule has 0 saturated carbocycles. The predicted molar refractivity (Wildman–Crippen MR) is 290 cm³/mol. The number of fused-ring (bicyclic) bond motifs is 2. The second-order valence-electron chi connectivity index (χ2n) is 19.3. The molecule has 3 atom stereocenters. The van der Waals surface area contributed by atoms with Crippen LogP contribution in [0.4, 0.5) is 11.4 Å². The van der Waals surface area contributed by atoms with Crippen LogP contribution in [-0.2, 0) is 50.1 Å². The van der Waals surface area contributed by atoms with E-state index in [9.17, 15) is 45.1 Å². The smallest absolute Gasteiger partial charge is 0.330 e. The number of rotatable bonds is 24. The SMILES string of the molecule is CCCOC1CC(n2cc(C#CCNC(=O)CCSSCCNC(=O)CCCCC[N+]3=C(/C=C/C=C4/N(CC)c5ccc(S(=O)(=O)O)cc5C4(C)C)C(C)(C)c4cc(S(=O)(=O)O)ccc43)c(=O)[nH]c2=O)OC1CC. The predicted octanol–water partition coefficient (Wildman–Crippen LogP) is 6.77. The number of ether oxygens (including phenoxy) is 2. The summed E-state index contributed by atoms with van der Waals surface area (Å²) in [6.07, 6.45) is 11.2. The summed E-state index contributed by atoms with van der Waals surface area (Å²) in [5, 5.41) is 5.69. The van der Waals surface area contributed by atoms with Gasteiger partial charge in [0.2, 0.25) is 17.5 Å². The number of nitrogens with zero attached hydrogens (tertiary/aromatic N) is 3. The third-order valence-corrected chi connectivity index (χ3v) is 17.5. The van der Waals surface area contributed by atoms with Crippen LogP contribution in [-0.4, -0.2) is 114 Å². The summed E-state index contributed by atoms with van der Waals surface area (Å²) < 4.78 is 83.6. The van der Waals surface area contributed by atoms with Gasteiger partial charge in [0.05, 0.1) is 34.0 Å². The van der Waals surface area contributed by atoms with Gasteiger partial charge in [-0.2, -0.15) is 21.4 Å². The van der Waals surface area contributed by atoms with E-state index in [0.717, 1.165) is 59.6 Å². The third kappa shape index (κ3) is 14.1. The van der Waals surface area contributed by atoms with Gasteiger partial charge in [-0.15, -0.1) is 0 Å². The van der Waals surface area contributed by atoms with Gasteiger partial charge < -0.3 is 25.0 Å². The van der Waals surface area contributed by atoms with Gasteiger partial charge in [0.15, 0.2) is 5.71 Å². The highest BCUT2D eigenvalue weighted by Gasteiger charge is 2.45. The quantitative estimate of drug-likeness (QED) is 0.0204. The van der Waals surface area contributed by atoms with Crippen molar-refractivity contribution in [3.8, 4) is 11.8 Å². The lowest BCUT2D eigenvalue weighted by molar-refractivity contribution is -0.438. The average Bonchev–Trinajstić information content (AvgIpc) is 3.92. The van der Waals surface area contributed by atoms with E-state index in [0.29, 0.717) is 57.0 Å². The number of likely N-dealkylation sites (N-methyl/N-ethyl adjacent to an activating group) is 1. The highest BCUT2D eigenvalue weighted by atomic mass is 33.1. The molecule has 5 N–H and O–H groups in total. The van der Waals surface area contributed by atoms with Gasteiger partial charge in [0.1, 0.15) is 18.3 Å². The molecule has 22 heteroatoms. The molecule has 6 rings (SSSR count). The molecule has 0 radical (unpaired) electrons. The molecule has 0 aliphatic carbocycles. The van der Waals surface area contributed by atoms with E-state index in [2.05, 4.69) is 36.9 Å². The fourth-order valence-corrected chi connectivity index (χ4v) is 12.5. The Hall–Kier alpha value is -4.99. The highest BCUT2D eigenvalue weighted by molar-refractivity contribution is 8.76. The highest BCUT2D eigenvalue weighted by Crippen LogP contribution is 2.48. The number of H-pyrrole nitrogens is 1. The fraction of sp³-hybridized carbons (Fsp3) is 0.519. The summed E-state index contributed by atoms with van der Waals surface area (Å²) in [4.78, 5) is 54.3. The Morgan fingerprint density at radius 3 is 2.30 bits per heavy atom. The van der Waals surface area contributed by atoms with Gasteiger partial charge in [-0.25, -0.2) is 4.79 Å². The zero-order valence-electron chi connectivity index (χ0n) is 43.1. The van der Waals surface area contributed by atoms with E-state index < -0.39 is 48.5 Å². The second-order valence-corrected chi connectivity index (χ2v) is 24.8. The number of aromatic nitrogens is 2. The zero-order chi connectivity index (χ0) is 54.0. The van der Waals surface area contributed by atoms with Crippen molar-refractivity contribution in [3.05, 3.63) is 104 Å². The van der Waals surface area contributed by atoms with Crippen molar-refractivity contribution in [2.45, 2.75) is 139 Å². The molecular formula is C52H69N6O12S4+. The first-order chi connectivity index (χ1) is 35.0. The van der Waals surface area contributed by atoms with Crippen molar-refractivity contribution < 1.29 is 49.6 Å². The molecule has 18 nitrogen and oxygen atoms in total. The summed E-state index contributed by atoms with van der Waals surface area (Å²) in [5.74, 6) is 6.49. The number of carbonyl (C=O) groups excluding carboxylic acids is 2. The van der Waals surface area contributed by atoms with Crippen LogP contribution in [0.25, 0.3) is 0 Å². The van der Waals surface area contributed by atoms with Gasteiger partial charge in [0.25, 0.3) is 25.8 Å². The Morgan fingerprint density at radius 1 is 0.919 bits per heavy atom. The normalized spacial score (nSPS) is 19.4. The lowest BCUT2D eigenvalue weighted by Gasteiger charge is -2.25. The summed E-state index contributed by atoms with van der Waals surface area (Å²) in [7, 11) is -5.79. The van der Waals surface area contributed by atoms with Crippen molar-refractivity contribution >= 4 is 70.7 Å². The molecule has 74 heavy (non-hydrogen) atoms. The minimum absolute atomic E-state index is 0.0227. The van der Waals surface area contributed by atoms with Gasteiger partial charge in [-0.3, -0.25) is 33.0 Å². The lowest BCUT2D eigenvalue weighted by Crippen LogP contribution is -2.33. The Balaban J connectivity index is 0.938. The average molecular weight is 1100 g/mol. The Kier molecular flexibility index (Phi) is 19.9. The van der Waals surface area contributed by atoms with Crippen LogP contribution < -0.4 is 26.8 Å². The van der Waals surface area contributed by atoms with Crippen LogP contribution in [0.2, 0.25) is 0 Å². The number of nitrogens with one attached hydrogen (secondary N) is 3. The van der Waals surface area contributed by atoms with E-state index in [-0.39, 0.29) is 52.3 Å². The van der Waals surface area contributed by atoms with Crippen molar-refractivity contribution in [2.24, 2.45) is 0 Å². The monoisotopic (exact) mass is 1100 g/mol. The minimum atomic E-state index is -4.46. The van der Waals surface area contributed by atoms with E-state index in [4.69, 9.17) is 9.47 Å². The lowest BCUT2D eigenvalue weighted by atomic mass is 9.81. The van der Waals surface area contributed by atoms with Crippen molar-refractivity contribution in [1.29, 1.82) is 0 Å². The number of anilines is 1. The van der Waals surface area contributed by atoms with Crippen LogP contribution in [0, 0.1) is 11.8 Å². The zero-order valence-corrected chi connectivity index (χ0v) is 46.3. The first-order valence-electron chi connectivity index (χ1n) is 25.0. The molecular weight excluding hydrogens is 1030 g/mol. The minimum Gasteiger partial charge on any atom is -0.375 e. The summed E-state index contributed by atoms with van der Waals surface area (Å²) in [5.41, 5.74) is 2.63. The molecule has 2 amide bonds. The van der Waals surface area contributed by atoms with E-state index in [1.165, 1.54) is 45.8 Å². The molecule has 0 spiro atoms. The summed E-state index contributed by atoms with van der Waals surface area (Å²) in [6, 6.07) is 9.25. The van der Waals surface area contributed by atoms with Crippen LogP contribution in [0.1, 0.15) is 123 Å². The number of hydrogen-bond donors (Lipinski definition) is 5. The first kappa shape index (κ1) is 58.3. The number of hydrogen-bond acceptors (Lipinski definition) is 13. The van der Waals surface area contributed by atoms with Gasteiger partial charge in [-0.05, 0) is 88.4 Å². The van der Waals surface area contributed by atoms with Crippen LogP contribution in [0.5, 0.6) is 0 Å². The van der Waals surface area contributed by atoms with E-state index >= 15 is 0 Å². The van der Waals surface area contributed by atoms with E-state index in [1.807, 2.05) is 66.7 Å². The van der Waals surface area contributed by atoms with Crippen molar-refractivity contribution in [2.75, 3.05) is 49.2 Å². The maximum atomic E-state index is 12.7. The topological polar surface area (TPSA) is 247 Å². The van der Waals surface area contributed by atoms with E-state index in [1.54, 1.807) is 22.9 Å². The number of unbranched alkanes of at least 4 members (excludes halogenated alkanes) is 2. The fourth-order valence-electron chi connectivity index (χ4n) is 9.58. The molecule has 3 unspecified atom stereocenters. The maximum Gasteiger partial charge on any atom is 0.330 e. The second kappa shape index (κ2) is 25.2. The number of allylic oxidation sites excluding steroid dienone is 4. The Morgan fingerprint density at radius 2 is 1.61 bits per heavy atom. The van der Waals surface area contributed by atoms with Gasteiger partial charge >= 0.3 is 5.69 Å². The first-order valence-corrected chi connectivity index (χ1v) is 30.3. The standard InChI is InChI=1S/C52H68N6O12S4/c1-8-28-69-43-33-48(70-42(43)9-2)58-34-35(49(61)55-50(58)62)16-15-25-53-47(60)24-29-71-72-30-26-54-46(59)19-12-11-13-27-57-41-23-21-37(74(66,67)68)32-39(41)52(6,7)45(57)18-14-17-44-51(4,5)38-31-36(73(63,64)65)20-22-40(38)56(44)10-3/h14,17-18,20-23,31-32,34,42-43,48H,8-13,19,24-30,33H2,1-7H3,(H4-,53,54,55,59,60,61,62,63,64,65,66,67,68)/p+1. The van der Waals surface area contributed by atoms with Crippen LogP contribution in [0.15, 0.2) is 85.9 Å². The van der Waals surface area contributed by atoms with Crippen LogP contribution in [0.3, 0.4) is 0 Å². The number of benzene rings is 2. The molecule has 3 aliphatic rings. The Bertz CT molecular complexity index is 3080. The van der Waals surface area contributed by atoms with Gasteiger partial charge in [-0.1, -0.05) is 67.2 Å².